The van der Waals surface area contributed by atoms with Crippen LogP contribution < -0.4 is 0 Å². The molecule has 0 saturated heterocycles. The topological polar surface area (TPSA) is 237 Å². The second-order valence-electron chi connectivity index (χ2n) is 26.3. The summed E-state index contributed by atoms with van der Waals surface area (Å²) in [7, 11) is -9.97. The molecule has 0 aromatic heterocycles. The SMILES string of the molecule is CC/C=C\C/C=C\C/C=C\C/C=C\C/C=C\C/C=C\CCC(=O)OCC(COP(=O)(O)OCC(O)COP(=O)(O)OCC(COC(=O)CCCCCCC/C=C\CCCCCC)OC(=O)CCCCCCC/C=C\CCCCCC)OC(=O)CCCCCCCCCCCCCCCCC. The number of rotatable bonds is 74. The Morgan fingerprint density at radius 3 is 0.870 bits per heavy atom. The first-order chi connectivity index (χ1) is 48.7. The number of ether oxygens (including phenoxy) is 4. The Hall–Kier alpha value is -4.02. The van der Waals surface area contributed by atoms with Gasteiger partial charge in [-0.1, -0.05) is 292 Å². The van der Waals surface area contributed by atoms with Crippen LogP contribution in [0.25, 0.3) is 0 Å². The second-order valence-corrected chi connectivity index (χ2v) is 29.2. The normalized spacial score (nSPS) is 14.4. The first-order valence-corrected chi connectivity index (χ1v) is 42.5. The second kappa shape index (κ2) is 73.3. The van der Waals surface area contributed by atoms with E-state index in [9.17, 15) is 43.2 Å². The van der Waals surface area contributed by atoms with Gasteiger partial charge in [-0.15, -0.1) is 0 Å². The van der Waals surface area contributed by atoms with Crippen molar-refractivity contribution < 1.29 is 80.2 Å². The Morgan fingerprint density at radius 1 is 0.290 bits per heavy atom. The third kappa shape index (κ3) is 72.3. The number of allylic oxidation sites excluding steroid dienone is 16. The molecule has 0 fully saturated rings. The fourth-order valence-corrected chi connectivity index (χ4v) is 12.1. The summed E-state index contributed by atoms with van der Waals surface area (Å²) in [5.41, 5.74) is 0. The van der Waals surface area contributed by atoms with Gasteiger partial charge in [0.2, 0.25) is 0 Å². The molecule has 0 heterocycles. The smallest absolute Gasteiger partial charge is 0.462 e. The molecule has 0 aliphatic heterocycles. The van der Waals surface area contributed by atoms with E-state index in [1.807, 2.05) is 18.2 Å². The van der Waals surface area contributed by atoms with Gasteiger partial charge in [-0.25, -0.2) is 9.13 Å². The summed E-state index contributed by atoms with van der Waals surface area (Å²) in [6, 6.07) is 0. The van der Waals surface area contributed by atoms with E-state index in [1.54, 1.807) is 0 Å². The molecule has 0 rings (SSSR count). The van der Waals surface area contributed by atoms with Gasteiger partial charge in [0.05, 0.1) is 26.4 Å². The average Bonchev–Trinajstić information content (AvgIpc) is 0.946. The number of hydrogen-bond donors (Lipinski definition) is 3. The van der Waals surface area contributed by atoms with Crippen LogP contribution in [-0.2, 0) is 65.4 Å². The molecule has 0 aromatic carbocycles. The van der Waals surface area contributed by atoms with Crippen molar-refractivity contribution in [1.29, 1.82) is 0 Å². The number of carbonyl (C=O) groups is 4. The molecule has 5 unspecified atom stereocenters. The summed E-state index contributed by atoms with van der Waals surface area (Å²) in [6.45, 7) is 4.67. The molecule has 0 saturated carbocycles. The van der Waals surface area contributed by atoms with Gasteiger partial charge in [-0.2, -0.15) is 0 Å². The van der Waals surface area contributed by atoms with Crippen molar-refractivity contribution in [2.75, 3.05) is 39.6 Å². The van der Waals surface area contributed by atoms with Gasteiger partial charge in [-0.3, -0.25) is 37.3 Å². The summed E-state index contributed by atoms with van der Waals surface area (Å²) in [5, 5.41) is 10.6. The first-order valence-electron chi connectivity index (χ1n) is 39.5. The lowest BCUT2D eigenvalue weighted by molar-refractivity contribution is -0.161. The summed E-state index contributed by atoms with van der Waals surface area (Å²) in [6.07, 6.45) is 76.9. The lowest BCUT2D eigenvalue weighted by atomic mass is 10.0. The highest BCUT2D eigenvalue weighted by atomic mass is 31.2. The molecule has 19 heteroatoms. The van der Waals surface area contributed by atoms with E-state index in [-0.39, 0.29) is 25.7 Å². The fourth-order valence-electron chi connectivity index (χ4n) is 10.5. The number of esters is 4. The fraction of sp³-hybridized carbons (Fsp3) is 0.753. The highest BCUT2D eigenvalue weighted by molar-refractivity contribution is 7.47. The molecule has 0 radical (unpaired) electrons. The number of aliphatic hydroxyl groups is 1. The Kier molecular flexibility index (Phi) is 70.4. The summed E-state index contributed by atoms with van der Waals surface area (Å²) in [5.74, 6) is -2.27. The van der Waals surface area contributed by atoms with Crippen molar-refractivity contribution in [1.82, 2.24) is 0 Å². The van der Waals surface area contributed by atoms with Gasteiger partial charge in [0.1, 0.15) is 19.3 Å². The Morgan fingerprint density at radius 2 is 0.540 bits per heavy atom. The minimum atomic E-state index is -4.99. The first kappa shape index (κ1) is 96.0. The molecule has 0 aromatic rings. The van der Waals surface area contributed by atoms with Crippen LogP contribution in [0.15, 0.2) is 97.2 Å². The van der Waals surface area contributed by atoms with Crippen LogP contribution in [0, 0.1) is 0 Å². The highest BCUT2D eigenvalue weighted by Crippen LogP contribution is 2.45. The van der Waals surface area contributed by atoms with Crippen molar-refractivity contribution >= 4 is 39.5 Å². The predicted octanol–water partition coefficient (Wildman–Crippen LogP) is 22.8. The van der Waals surface area contributed by atoms with Crippen molar-refractivity contribution in [3.8, 4) is 0 Å². The molecule has 0 aliphatic carbocycles. The van der Waals surface area contributed by atoms with E-state index in [0.717, 1.165) is 135 Å². The van der Waals surface area contributed by atoms with E-state index in [1.165, 1.54) is 116 Å². The monoisotopic (exact) mass is 1450 g/mol. The predicted molar refractivity (Wildman–Crippen MR) is 409 cm³/mol. The third-order valence-electron chi connectivity index (χ3n) is 16.5. The van der Waals surface area contributed by atoms with Gasteiger partial charge in [0.25, 0.3) is 0 Å². The number of phosphoric ester groups is 2. The number of carbonyl (C=O) groups excluding carboxylic acids is 4. The van der Waals surface area contributed by atoms with E-state index >= 15 is 0 Å². The average molecular weight is 1450 g/mol. The maximum atomic E-state index is 13.1. The molecular formula is C81H142O17P2. The minimum Gasteiger partial charge on any atom is -0.462 e. The molecule has 5 atom stereocenters. The number of unbranched alkanes of at least 4 members (excludes halogenated alkanes) is 32. The molecule has 578 valence electrons. The van der Waals surface area contributed by atoms with Crippen LogP contribution in [0.2, 0.25) is 0 Å². The standard InChI is InChI=1S/C81H142O17P2/c1-5-9-13-17-21-25-29-33-35-36-37-38-40-43-46-50-54-58-62-66-79(84)92-72-77(98-81(86)68-64-60-56-52-48-44-39-34-30-26-22-18-14-10-6-2)74-96-100(89,90)94-70-75(82)69-93-99(87,88)95-73-76(97-80(85)67-63-59-55-51-47-42-32-28-24-20-16-12-8-4)71-91-78(83)65-61-57-53-49-45-41-31-27-23-19-15-11-7-3/h9,13,21,25,27-28,31-33,35,37-38,43,46,54,58,75-77,82H,5-8,10-12,14-20,22-24,26,29-30,34,36,39-42,44-45,47-53,55-57,59-74H2,1-4H3,(H,87,88)(H,89,90)/b13-9-,25-21-,31-27-,32-28-,35-33-,38-37-,46-43-,58-54-. The largest absolute Gasteiger partial charge is 0.472 e. The van der Waals surface area contributed by atoms with E-state index in [2.05, 4.69) is 107 Å². The quantitative estimate of drug-likeness (QED) is 0.0169. The van der Waals surface area contributed by atoms with E-state index < -0.39 is 97.5 Å². The highest BCUT2D eigenvalue weighted by Gasteiger charge is 2.30. The van der Waals surface area contributed by atoms with Crippen molar-refractivity contribution in [3.05, 3.63) is 97.2 Å². The zero-order valence-corrected chi connectivity index (χ0v) is 64.9. The van der Waals surface area contributed by atoms with Crippen molar-refractivity contribution in [3.63, 3.8) is 0 Å². The van der Waals surface area contributed by atoms with Crippen LogP contribution in [0.1, 0.15) is 336 Å². The van der Waals surface area contributed by atoms with Crippen LogP contribution in [0.5, 0.6) is 0 Å². The van der Waals surface area contributed by atoms with E-state index in [4.69, 9.17) is 37.0 Å². The third-order valence-corrected chi connectivity index (χ3v) is 18.4. The molecule has 0 spiro atoms. The van der Waals surface area contributed by atoms with Gasteiger partial charge in [-0.05, 0) is 116 Å². The van der Waals surface area contributed by atoms with Gasteiger partial charge < -0.3 is 33.8 Å². The maximum Gasteiger partial charge on any atom is 0.472 e. The zero-order chi connectivity index (χ0) is 73.2. The Bertz CT molecular complexity index is 2270. The maximum absolute atomic E-state index is 13.1. The Labute approximate surface area is 607 Å². The molecule has 0 bridgehead atoms. The van der Waals surface area contributed by atoms with Gasteiger partial charge in [0, 0.05) is 25.7 Å². The van der Waals surface area contributed by atoms with E-state index in [0.29, 0.717) is 32.1 Å². The number of aliphatic hydroxyl groups excluding tert-OH is 1. The summed E-state index contributed by atoms with van der Waals surface area (Å²) < 4.78 is 68.5. The van der Waals surface area contributed by atoms with Crippen LogP contribution in [0.4, 0.5) is 0 Å². The number of hydrogen-bond acceptors (Lipinski definition) is 15. The summed E-state index contributed by atoms with van der Waals surface area (Å²) in [4.78, 5) is 72.9. The van der Waals surface area contributed by atoms with Crippen LogP contribution >= 0.6 is 15.6 Å². The van der Waals surface area contributed by atoms with Gasteiger partial charge >= 0.3 is 39.5 Å². The lowest BCUT2D eigenvalue weighted by Crippen LogP contribution is -2.30. The molecule has 0 amide bonds. The lowest BCUT2D eigenvalue weighted by Gasteiger charge is -2.21. The molecular weight excluding hydrogens is 1310 g/mol. The van der Waals surface area contributed by atoms with Crippen molar-refractivity contribution in [2.45, 2.75) is 354 Å². The van der Waals surface area contributed by atoms with Crippen LogP contribution in [0.3, 0.4) is 0 Å². The van der Waals surface area contributed by atoms with Crippen LogP contribution in [-0.4, -0.2) is 96.7 Å². The zero-order valence-electron chi connectivity index (χ0n) is 63.1. The number of phosphoric acid groups is 2. The summed E-state index contributed by atoms with van der Waals surface area (Å²) >= 11 is 0. The molecule has 17 nitrogen and oxygen atoms in total. The molecule has 100 heavy (non-hydrogen) atoms. The Balaban J connectivity index is 5.40. The molecule has 3 N–H and O–H groups in total. The van der Waals surface area contributed by atoms with Crippen molar-refractivity contribution in [2.24, 2.45) is 0 Å². The minimum absolute atomic E-state index is 0.0379. The van der Waals surface area contributed by atoms with Gasteiger partial charge in [0.15, 0.2) is 12.2 Å². The molecule has 0 aliphatic rings.